The van der Waals surface area contributed by atoms with E-state index in [0.29, 0.717) is 0 Å². The van der Waals surface area contributed by atoms with Crippen LogP contribution in [0.25, 0.3) is 0 Å². The Balaban J connectivity index is 2.53. The Morgan fingerprint density at radius 2 is 1.83 bits per heavy atom. The first-order valence-electron chi connectivity index (χ1n) is 4.16. The van der Waals surface area contributed by atoms with Crippen LogP contribution in [0.4, 0.5) is 0 Å². The highest BCUT2D eigenvalue weighted by atomic mass is 127. The van der Waals surface area contributed by atoms with Gasteiger partial charge in [-0.15, -0.1) is 0 Å². The number of rotatable bonds is 3. The molecule has 0 aliphatic carbocycles. The molecule has 12 heavy (non-hydrogen) atoms. The van der Waals surface area contributed by atoms with Crippen molar-refractivity contribution in [2.45, 2.75) is 25.7 Å². The Morgan fingerprint density at radius 3 is 2.33 bits per heavy atom. The van der Waals surface area contributed by atoms with E-state index >= 15 is 0 Å². The van der Waals surface area contributed by atoms with Gasteiger partial charge in [0.25, 0.3) is 0 Å². The third kappa shape index (κ3) is 3.40. The van der Waals surface area contributed by atoms with Crippen LogP contribution in [0, 0.1) is 0 Å². The molecule has 1 aromatic rings. The van der Waals surface area contributed by atoms with E-state index in [-0.39, 0.29) is 5.56 Å². The summed E-state index contributed by atoms with van der Waals surface area (Å²) >= 11 is 2.60. The molecule has 0 aliphatic heterocycles. The molecule has 0 aliphatic rings. The standard InChI is InChI=1S/C10H14IP/c1-9(2)12(11)8-10-6-4-3-5-7-10/h3-7,9H,8H2,1-2H3. The van der Waals surface area contributed by atoms with Crippen LogP contribution >= 0.6 is 27.6 Å². The van der Waals surface area contributed by atoms with Crippen LogP contribution < -0.4 is 0 Å². The molecule has 0 heterocycles. The van der Waals surface area contributed by atoms with Crippen LogP contribution in [-0.2, 0) is 6.16 Å². The molecule has 2 heteroatoms. The minimum absolute atomic E-state index is 0.154. The number of halogens is 1. The summed E-state index contributed by atoms with van der Waals surface area (Å²) in [7, 11) is 0. The van der Waals surface area contributed by atoms with Gasteiger partial charge in [-0.2, -0.15) is 0 Å². The highest BCUT2D eigenvalue weighted by molar-refractivity contribution is 14.2. The molecule has 1 rings (SSSR count). The van der Waals surface area contributed by atoms with Crippen molar-refractivity contribution in [1.29, 1.82) is 0 Å². The fourth-order valence-corrected chi connectivity index (χ4v) is 3.05. The molecule has 0 saturated heterocycles. The second-order valence-electron chi connectivity index (χ2n) is 3.14. The van der Waals surface area contributed by atoms with Crippen LogP contribution in [-0.4, -0.2) is 5.66 Å². The van der Waals surface area contributed by atoms with Gasteiger partial charge in [0.05, 0.1) is 0 Å². The molecule has 0 radical (unpaired) electrons. The second kappa shape index (κ2) is 5.18. The summed E-state index contributed by atoms with van der Waals surface area (Å²) in [5, 5.41) is 0. The molecule has 0 spiro atoms. The van der Waals surface area contributed by atoms with E-state index < -0.39 is 0 Å². The first kappa shape index (κ1) is 10.5. The van der Waals surface area contributed by atoms with Crippen molar-refractivity contribution in [3.63, 3.8) is 0 Å². The van der Waals surface area contributed by atoms with Gasteiger partial charge in [0, 0.05) is 6.16 Å². The van der Waals surface area contributed by atoms with Gasteiger partial charge in [-0.25, -0.2) is 0 Å². The van der Waals surface area contributed by atoms with E-state index in [1.54, 1.807) is 0 Å². The van der Waals surface area contributed by atoms with Crippen molar-refractivity contribution in [2.75, 3.05) is 0 Å². The van der Waals surface area contributed by atoms with Gasteiger partial charge in [-0.3, -0.25) is 0 Å². The van der Waals surface area contributed by atoms with Crippen molar-refractivity contribution < 1.29 is 0 Å². The van der Waals surface area contributed by atoms with Crippen molar-refractivity contribution in [2.24, 2.45) is 0 Å². The predicted octanol–water partition coefficient (Wildman–Crippen LogP) is 4.43. The van der Waals surface area contributed by atoms with Gasteiger partial charge in [0.2, 0.25) is 0 Å². The molecule has 1 atom stereocenters. The molecule has 0 fully saturated rings. The van der Waals surface area contributed by atoms with Crippen molar-refractivity contribution in [3.8, 4) is 0 Å². The fourth-order valence-electron chi connectivity index (χ4n) is 0.940. The lowest BCUT2D eigenvalue weighted by molar-refractivity contribution is 1.09. The van der Waals surface area contributed by atoms with Gasteiger partial charge < -0.3 is 0 Å². The van der Waals surface area contributed by atoms with Crippen molar-refractivity contribution in [1.82, 2.24) is 0 Å². The van der Waals surface area contributed by atoms with E-state index in [1.807, 2.05) is 0 Å². The predicted molar refractivity (Wildman–Crippen MR) is 66.2 cm³/mol. The summed E-state index contributed by atoms with van der Waals surface area (Å²) < 4.78 is 0. The summed E-state index contributed by atoms with van der Waals surface area (Å²) in [6.07, 6.45) is 1.26. The lowest BCUT2D eigenvalue weighted by Crippen LogP contribution is -1.90. The summed E-state index contributed by atoms with van der Waals surface area (Å²) in [4.78, 5) is 0. The molecule has 1 aromatic carbocycles. The van der Waals surface area contributed by atoms with Gasteiger partial charge in [-0.05, 0) is 16.8 Å². The molecule has 0 amide bonds. The molecule has 66 valence electrons. The number of benzene rings is 1. The lowest BCUT2D eigenvalue weighted by Gasteiger charge is -2.13. The zero-order valence-electron chi connectivity index (χ0n) is 7.50. The lowest BCUT2D eigenvalue weighted by atomic mass is 10.2. The topological polar surface area (TPSA) is 0 Å². The smallest absolute Gasteiger partial charge is 0.00199 e. The van der Waals surface area contributed by atoms with Gasteiger partial charge >= 0.3 is 0 Å². The average Bonchev–Trinajstić information content (AvgIpc) is 2.06. The molecule has 0 bridgehead atoms. The Labute approximate surface area is 89.0 Å². The van der Waals surface area contributed by atoms with Gasteiger partial charge in [0.15, 0.2) is 0 Å². The molecular formula is C10H14IP. The highest BCUT2D eigenvalue weighted by Crippen LogP contribution is 2.52. The first-order valence-corrected chi connectivity index (χ1v) is 8.54. The Hall–Kier alpha value is 0.380. The van der Waals surface area contributed by atoms with E-state index in [4.69, 9.17) is 0 Å². The van der Waals surface area contributed by atoms with Crippen molar-refractivity contribution in [3.05, 3.63) is 35.9 Å². The summed E-state index contributed by atoms with van der Waals surface area (Å²) in [5.41, 5.74) is 2.47. The summed E-state index contributed by atoms with van der Waals surface area (Å²) in [5.74, 6) is 0. The maximum absolute atomic E-state index is 2.60. The maximum atomic E-state index is 2.60. The molecule has 1 unspecified atom stereocenters. The minimum Gasteiger partial charge on any atom is -0.0622 e. The van der Waals surface area contributed by atoms with Crippen LogP contribution in [0.5, 0.6) is 0 Å². The summed E-state index contributed by atoms with van der Waals surface area (Å²) in [6.45, 7) is 4.61. The Morgan fingerprint density at radius 1 is 1.25 bits per heavy atom. The molecular weight excluding hydrogens is 278 g/mol. The SMILES string of the molecule is CC(C)P(I)Cc1ccccc1. The minimum atomic E-state index is 0.154. The zero-order valence-corrected chi connectivity index (χ0v) is 10.5. The zero-order chi connectivity index (χ0) is 8.97. The normalized spacial score (nSPS) is 13.3. The third-order valence-electron chi connectivity index (χ3n) is 1.74. The first-order chi connectivity index (χ1) is 5.70. The highest BCUT2D eigenvalue weighted by Gasteiger charge is 2.08. The van der Waals surface area contributed by atoms with E-state index in [2.05, 4.69) is 66.2 Å². The fraction of sp³-hybridized carbons (Fsp3) is 0.400. The van der Waals surface area contributed by atoms with Crippen LogP contribution in [0.1, 0.15) is 19.4 Å². The quantitative estimate of drug-likeness (QED) is 0.571. The van der Waals surface area contributed by atoms with Crippen molar-refractivity contribution >= 4 is 27.6 Å². The van der Waals surface area contributed by atoms with E-state index in [1.165, 1.54) is 11.7 Å². The second-order valence-corrected chi connectivity index (χ2v) is 9.00. The maximum Gasteiger partial charge on any atom is 0.00199 e. The van der Waals surface area contributed by atoms with E-state index in [9.17, 15) is 0 Å². The van der Waals surface area contributed by atoms with Gasteiger partial charge in [-0.1, -0.05) is 66.2 Å². The Kier molecular flexibility index (Phi) is 4.52. The third-order valence-corrected chi connectivity index (χ3v) is 7.89. The van der Waals surface area contributed by atoms with E-state index in [0.717, 1.165) is 5.66 Å². The van der Waals surface area contributed by atoms with Crippen LogP contribution in [0.2, 0.25) is 0 Å². The average molecular weight is 292 g/mol. The monoisotopic (exact) mass is 292 g/mol. The molecule has 0 saturated carbocycles. The number of hydrogen-bond donors (Lipinski definition) is 0. The van der Waals surface area contributed by atoms with Crippen LogP contribution in [0.3, 0.4) is 0 Å². The van der Waals surface area contributed by atoms with Crippen LogP contribution in [0.15, 0.2) is 30.3 Å². The van der Waals surface area contributed by atoms with Gasteiger partial charge in [0.1, 0.15) is 0 Å². The molecule has 0 nitrogen and oxygen atoms in total. The Bertz CT molecular complexity index is 221. The molecule has 0 aromatic heterocycles. The summed E-state index contributed by atoms with van der Waals surface area (Å²) in [6, 6.07) is 10.8. The largest absolute Gasteiger partial charge is 0.0622 e. The number of hydrogen-bond acceptors (Lipinski definition) is 0. The molecule has 0 N–H and O–H groups in total.